The van der Waals surface area contributed by atoms with Gasteiger partial charge in [-0.15, -0.1) is 0 Å². The molecule has 0 aliphatic rings. The van der Waals surface area contributed by atoms with Crippen molar-refractivity contribution in [2.24, 2.45) is 0 Å². The van der Waals surface area contributed by atoms with Crippen LogP contribution in [0.25, 0.3) is 21.9 Å². The minimum absolute atomic E-state index is 0.276. The molecule has 5 heteroatoms. The number of hydrogen-bond acceptors (Lipinski definition) is 3. The first kappa shape index (κ1) is 21.3. The van der Waals surface area contributed by atoms with Crippen LogP contribution in [0.2, 0.25) is 5.02 Å². The summed E-state index contributed by atoms with van der Waals surface area (Å²) in [6.45, 7) is 5.82. The molecule has 152 valence electrons. The fourth-order valence-electron chi connectivity index (χ4n) is 3.51. The average Bonchev–Trinajstić information content (AvgIpc) is 2.65. The van der Waals surface area contributed by atoms with Gasteiger partial charge in [-0.25, -0.2) is 4.79 Å². The number of carboxylic acids is 1. The molecule has 0 heterocycles. The third kappa shape index (κ3) is 4.78. The molecule has 3 rings (SSSR count). The summed E-state index contributed by atoms with van der Waals surface area (Å²) >= 11 is 6.10. The first-order chi connectivity index (χ1) is 13.7. The highest BCUT2D eigenvalue weighted by molar-refractivity contribution is 6.30. The number of ether oxygens (including phenoxy) is 2. The quantitative estimate of drug-likeness (QED) is 0.520. The van der Waals surface area contributed by atoms with Crippen molar-refractivity contribution in [2.75, 3.05) is 7.11 Å². The first-order valence-electron chi connectivity index (χ1n) is 9.41. The standard InChI is InChI=1S/C24H25ClO4/c1-24(2,3)29-22(23(26)27)21-17(14-28-4)13-16-7-5-6-8-19(16)20(21)15-9-11-18(25)12-10-15/h5-13,22H,14H2,1-4H3,(H,26,27)/t22-/m0/s1. The number of aliphatic carboxylic acids is 1. The minimum Gasteiger partial charge on any atom is -0.479 e. The van der Waals surface area contributed by atoms with Crippen LogP contribution in [0.5, 0.6) is 0 Å². The van der Waals surface area contributed by atoms with Crippen LogP contribution in [0.3, 0.4) is 0 Å². The van der Waals surface area contributed by atoms with Crippen LogP contribution < -0.4 is 0 Å². The highest BCUT2D eigenvalue weighted by atomic mass is 35.5. The van der Waals surface area contributed by atoms with Crippen molar-refractivity contribution >= 4 is 28.3 Å². The molecule has 1 atom stereocenters. The van der Waals surface area contributed by atoms with Crippen molar-refractivity contribution in [3.8, 4) is 11.1 Å². The van der Waals surface area contributed by atoms with Gasteiger partial charge in [-0.2, -0.15) is 0 Å². The van der Waals surface area contributed by atoms with E-state index in [1.807, 2.05) is 63.2 Å². The maximum atomic E-state index is 12.3. The number of methoxy groups -OCH3 is 1. The predicted molar refractivity (Wildman–Crippen MR) is 116 cm³/mol. The smallest absolute Gasteiger partial charge is 0.337 e. The van der Waals surface area contributed by atoms with Gasteiger partial charge in [-0.05, 0) is 66.4 Å². The van der Waals surface area contributed by atoms with E-state index in [1.54, 1.807) is 19.2 Å². The molecule has 0 spiro atoms. The van der Waals surface area contributed by atoms with Crippen molar-refractivity contribution in [1.82, 2.24) is 0 Å². The largest absolute Gasteiger partial charge is 0.479 e. The Hall–Kier alpha value is -2.40. The molecule has 29 heavy (non-hydrogen) atoms. The Morgan fingerprint density at radius 1 is 1.10 bits per heavy atom. The van der Waals surface area contributed by atoms with Gasteiger partial charge in [0, 0.05) is 17.7 Å². The second kappa shape index (κ2) is 8.54. The zero-order valence-corrected chi connectivity index (χ0v) is 17.8. The van der Waals surface area contributed by atoms with E-state index in [4.69, 9.17) is 21.1 Å². The number of rotatable bonds is 6. The molecule has 4 nitrogen and oxygen atoms in total. The average molecular weight is 413 g/mol. The molecule has 0 aliphatic carbocycles. The van der Waals surface area contributed by atoms with Crippen LogP contribution in [-0.4, -0.2) is 23.8 Å². The van der Waals surface area contributed by atoms with E-state index in [9.17, 15) is 9.90 Å². The van der Waals surface area contributed by atoms with E-state index in [-0.39, 0.29) is 6.61 Å². The van der Waals surface area contributed by atoms with Crippen LogP contribution in [0.4, 0.5) is 0 Å². The van der Waals surface area contributed by atoms with E-state index in [0.717, 1.165) is 27.5 Å². The van der Waals surface area contributed by atoms with Gasteiger partial charge < -0.3 is 14.6 Å². The Morgan fingerprint density at radius 2 is 1.76 bits per heavy atom. The van der Waals surface area contributed by atoms with Crippen molar-refractivity contribution in [3.05, 3.63) is 70.7 Å². The van der Waals surface area contributed by atoms with E-state index in [2.05, 4.69) is 0 Å². The molecule has 0 unspecified atom stereocenters. The SMILES string of the molecule is COCc1cc2ccccc2c(-c2ccc(Cl)cc2)c1[C@H](OC(C)(C)C)C(=O)O. The molecule has 0 bridgehead atoms. The second-order valence-electron chi connectivity index (χ2n) is 7.93. The van der Waals surface area contributed by atoms with Gasteiger partial charge in [-0.1, -0.05) is 48.0 Å². The van der Waals surface area contributed by atoms with Crippen molar-refractivity contribution in [3.63, 3.8) is 0 Å². The maximum Gasteiger partial charge on any atom is 0.337 e. The summed E-state index contributed by atoms with van der Waals surface area (Å²) in [7, 11) is 1.60. The fraction of sp³-hybridized carbons (Fsp3) is 0.292. The summed E-state index contributed by atoms with van der Waals surface area (Å²) in [5.41, 5.74) is 2.45. The van der Waals surface area contributed by atoms with E-state index in [1.165, 1.54) is 0 Å². The molecular formula is C24H25ClO4. The molecule has 0 radical (unpaired) electrons. The summed E-state index contributed by atoms with van der Waals surface area (Å²) in [6.07, 6.45) is -1.14. The topological polar surface area (TPSA) is 55.8 Å². The molecule has 0 aliphatic heterocycles. The maximum absolute atomic E-state index is 12.3. The van der Waals surface area contributed by atoms with Crippen LogP contribution >= 0.6 is 11.6 Å². The zero-order chi connectivity index (χ0) is 21.2. The molecule has 3 aromatic carbocycles. The van der Waals surface area contributed by atoms with Gasteiger partial charge in [-0.3, -0.25) is 0 Å². The van der Waals surface area contributed by atoms with E-state index in [0.29, 0.717) is 10.6 Å². The summed E-state index contributed by atoms with van der Waals surface area (Å²) < 4.78 is 11.4. The molecule has 1 N–H and O–H groups in total. The lowest BCUT2D eigenvalue weighted by Gasteiger charge is -2.29. The van der Waals surface area contributed by atoms with Crippen molar-refractivity contribution < 1.29 is 19.4 Å². The number of fused-ring (bicyclic) bond motifs is 1. The van der Waals surface area contributed by atoms with Crippen LogP contribution in [0.15, 0.2) is 54.6 Å². The van der Waals surface area contributed by atoms with Gasteiger partial charge in [0.05, 0.1) is 12.2 Å². The zero-order valence-electron chi connectivity index (χ0n) is 17.0. The molecule has 0 saturated heterocycles. The fourth-order valence-corrected chi connectivity index (χ4v) is 3.64. The highest BCUT2D eigenvalue weighted by Gasteiger charge is 2.32. The third-order valence-electron chi connectivity index (χ3n) is 4.57. The van der Waals surface area contributed by atoms with Crippen LogP contribution in [0, 0.1) is 0 Å². The summed E-state index contributed by atoms with van der Waals surface area (Å²) in [5.74, 6) is -1.04. The monoisotopic (exact) mass is 412 g/mol. The lowest BCUT2D eigenvalue weighted by atomic mass is 9.87. The third-order valence-corrected chi connectivity index (χ3v) is 4.82. The number of halogens is 1. The number of carbonyl (C=O) groups is 1. The number of benzene rings is 3. The molecule has 3 aromatic rings. The van der Waals surface area contributed by atoms with Gasteiger partial charge in [0.1, 0.15) is 0 Å². The highest BCUT2D eigenvalue weighted by Crippen LogP contribution is 2.41. The van der Waals surface area contributed by atoms with Crippen LogP contribution in [0.1, 0.15) is 38.0 Å². The van der Waals surface area contributed by atoms with E-state index < -0.39 is 17.7 Å². The Labute approximate surface area is 176 Å². The minimum atomic E-state index is -1.14. The van der Waals surface area contributed by atoms with Crippen LogP contribution in [-0.2, 0) is 20.9 Å². The lowest BCUT2D eigenvalue weighted by Crippen LogP contribution is -2.28. The lowest BCUT2D eigenvalue weighted by molar-refractivity contribution is -0.160. The number of hydrogen-bond donors (Lipinski definition) is 1. The van der Waals surface area contributed by atoms with E-state index >= 15 is 0 Å². The summed E-state index contributed by atoms with van der Waals surface area (Å²) in [4.78, 5) is 12.3. The summed E-state index contributed by atoms with van der Waals surface area (Å²) in [5, 5.41) is 12.7. The Kier molecular flexibility index (Phi) is 6.27. The van der Waals surface area contributed by atoms with Crippen molar-refractivity contribution in [1.29, 1.82) is 0 Å². The molecule has 0 amide bonds. The number of carboxylic acid groups (broad SMARTS) is 1. The van der Waals surface area contributed by atoms with Crippen molar-refractivity contribution in [2.45, 2.75) is 39.1 Å². The van der Waals surface area contributed by atoms with Gasteiger partial charge in [0.25, 0.3) is 0 Å². The Morgan fingerprint density at radius 3 is 2.34 bits per heavy atom. The predicted octanol–water partition coefficient (Wildman–Crippen LogP) is 6.25. The molecule has 0 saturated carbocycles. The summed E-state index contributed by atoms with van der Waals surface area (Å²) in [6, 6.07) is 17.3. The second-order valence-corrected chi connectivity index (χ2v) is 8.37. The molecule has 0 aromatic heterocycles. The first-order valence-corrected chi connectivity index (χ1v) is 9.79. The van der Waals surface area contributed by atoms with Gasteiger partial charge in [0.15, 0.2) is 6.10 Å². The molecular weight excluding hydrogens is 388 g/mol. The normalized spacial score (nSPS) is 12.9. The van der Waals surface area contributed by atoms with Gasteiger partial charge >= 0.3 is 5.97 Å². The van der Waals surface area contributed by atoms with Gasteiger partial charge in [0.2, 0.25) is 0 Å². The molecule has 0 fully saturated rings. The Bertz CT molecular complexity index is 1020. The Balaban J connectivity index is 2.41.